The van der Waals surface area contributed by atoms with Crippen LogP contribution in [0.2, 0.25) is 0 Å². The lowest BCUT2D eigenvalue weighted by Crippen LogP contribution is -2.46. The molecule has 2 aliphatic rings. The van der Waals surface area contributed by atoms with Crippen molar-refractivity contribution in [2.24, 2.45) is 5.92 Å². The van der Waals surface area contributed by atoms with Crippen LogP contribution >= 0.6 is 0 Å². The predicted molar refractivity (Wildman–Crippen MR) is 76.1 cm³/mol. The van der Waals surface area contributed by atoms with Crippen LogP contribution in [0.25, 0.3) is 0 Å². The second-order valence-corrected chi connectivity index (χ2v) is 5.84. The van der Waals surface area contributed by atoms with Gasteiger partial charge < -0.3 is 10.2 Å². The molecule has 2 atom stereocenters. The molecule has 2 heterocycles. The fourth-order valence-electron chi connectivity index (χ4n) is 3.44. The number of likely N-dealkylation sites (tertiary alicyclic amines) is 1. The van der Waals surface area contributed by atoms with Gasteiger partial charge in [-0.2, -0.15) is 0 Å². The summed E-state index contributed by atoms with van der Waals surface area (Å²) in [7, 11) is 0. The van der Waals surface area contributed by atoms with Crippen molar-refractivity contribution < 1.29 is 9.18 Å². The average molecular weight is 276 g/mol. The highest BCUT2D eigenvalue weighted by Crippen LogP contribution is 2.26. The number of hydrogen-bond donors (Lipinski definition) is 1. The Morgan fingerprint density at radius 1 is 1.25 bits per heavy atom. The van der Waals surface area contributed by atoms with E-state index in [0.717, 1.165) is 26.1 Å². The molecule has 1 aromatic carbocycles. The highest BCUT2D eigenvalue weighted by Gasteiger charge is 2.31. The van der Waals surface area contributed by atoms with Crippen molar-refractivity contribution in [2.75, 3.05) is 19.6 Å². The summed E-state index contributed by atoms with van der Waals surface area (Å²) >= 11 is 0. The summed E-state index contributed by atoms with van der Waals surface area (Å²) < 4.78 is 13.7. The SMILES string of the molecule is O=C(c1ccccc1F)N1CCCC(C2CCCN2)C1. The minimum absolute atomic E-state index is 0.161. The maximum absolute atomic E-state index is 13.7. The normalized spacial score (nSPS) is 26.8. The zero-order valence-electron chi connectivity index (χ0n) is 11.6. The van der Waals surface area contributed by atoms with E-state index in [1.54, 1.807) is 18.2 Å². The molecule has 2 saturated heterocycles. The largest absolute Gasteiger partial charge is 0.338 e. The number of amides is 1. The number of piperidine rings is 1. The van der Waals surface area contributed by atoms with Gasteiger partial charge in [-0.1, -0.05) is 12.1 Å². The number of hydrogen-bond acceptors (Lipinski definition) is 2. The highest BCUT2D eigenvalue weighted by molar-refractivity contribution is 5.94. The molecular weight excluding hydrogens is 255 g/mol. The second kappa shape index (κ2) is 5.92. The molecule has 2 aliphatic heterocycles. The molecule has 2 fully saturated rings. The Morgan fingerprint density at radius 2 is 2.10 bits per heavy atom. The number of halogens is 1. The second-order valence-electron chi connectivity index (χ2n) is 5.84. The summed E-state index contributed by atoms with van der Waals surface area (Å²) in [6, 6.07) is 6.80. The molecule has 1 aromatic rings. The van der Waals surface area contributed by atoms with Crippen LogP contribution in [0.4, 0.5) is 4.39 Å². The molecule has 3 rings (SSSR count). The van der Waals surface area contributed by atoms with Gasteiger partial charge in [-0.3, -0.25) is 4.79 Å². The maximum Gasteiger partial charge on any atom is 0.256 e. The smallest absolute Gasteiger partial charge is 0.256 e. The first-order valence-electron chi connectivity index (χ1n) is 7.53. The molecule has 1 amide bonds. The molecule has 0 radical (unpaired) electrons. The van der Waals surface area contributed by atoms with Gasteiger partial charge in [-0.05, 0) is 50.3 Å². The van der Waals surface area contributed by atoms with Crippen molar-refractivity contribution in [3.8, 4) is 0 Å². The lowest BCUT2D eigenvalue weighted by Gasteiger charge is -2.36. The summed E-state index contributed by atoms with van der Waals surface area (Å²) in [5, 5.41) is 3.52. The molecule has 1 N–H and O–H groups in total. The number of rotatable bonds is 2. The van der Waals surface area contributed by atoms with E-state index in [4.69, 9.17) is 0 Å². The van der Waals surface area contributed by atoms with Gasteiger partial charge in [-0.25, -0.2) is 4.39 Å². The lowest BCUT2D eigenvalue weighted by molar-refractivity contribution is 0.0646. The van der Waals surface area contributed by atoms with Crippen LogP contribution in [0, 0.1) is 11.7 Å². The Hall–Kier alpha value is -1.42. The monoisotopic (exact) mass is 276 g/mol. The molecule has 2 unspecified atom stereocenters. The molecule has 0 bridgehead atoms. The summed E-state index contributed by atoms with van der Waals surface area (Å²) in [5.74, 6) is -0.0635. The number of carbonyl (C=O) groups is 1. The Morgan fingerprint density at radius 3 is 2.85 bits per heavy atom. The van der Waals surface area contributed by atoms with E-state index >= 15 is 0 Å². The van der Waals surface area contributed by atoms with Crippen molar-refractivity contribution in [3.63, 3.8) is 0 Å². The van der Waals surface area contributed by atoms with Gasteiger partial charge in [0.2, 0.25) is 0 Å². The lowest BCUT2D eigenvalue weighted by atomic mass is 9.89. The molecule has 20 heavy (non-hydrogen) atoms. The third kappa shape index (κ3) is 2.70. The molecule has 0 spiro atoms. The Bertz CT molecular complexity index is 485. The van der Waals surface area contributed by atoms with Crippen LogP contribution in [-0.2, 0) is 0 Å². The van der Waals surface area contributed by atoms with Crippen molar-refractivity contribution in [3.05, 3.63) is 35.6 Å². The topological polar surface area (TPSA) is 32.3 Å². The van der Waals surface area contributed by atoms with Crippen molar-refractivity contribution in [1.82, 2.24) is 10.2 Å². The maximum atomic E-state index is 13.7. The third-order valence-corrected chi connectivity index (χ3v) is 4.52. The molecule has 4 heteroatoms. The molecule has 3 nitrogen and oxygen atoms in total. The van der Waals surface area contributed by atoms with E-state index in [2.05, 4.69) is 5.32 Å². The minimum atomic E-state index is -0.418. The first kappa shape index (κ1) is 13.6. The van der Waals surface area contributed by atoms with E-state index in [-0.39, 0.29) is 11.5 Å². The van der Waals surface area contributed by atoms with E-state index in [1.165, 1.54) is 25.3 Å². The van der Waals surface area contributed by atoms with Gasteiger partial charge in [-0.15, -0.1) is 0 Å². The van der Waals surface area contributed by atoms with Gasteiger partial charge in [0.15, 0.2) is 0 Å². The van der Waals surface area contributed by atoms with Gasteiger partial charge in [0.05, 0.1) is 5.56 Å². The van der Waals surface area contributed by atoms with Crippen LogP contribution < -0.4 is 5.32 Å². The van der Waals surface area contributed by atoms with E-state index in [9.17, 15) is 9.18 Å². The average Bonchev–Trinajstić information content (AvgIpc) is 3.01. The van der Waals surface area contributed by atoms with Crippen LogP contribution in [0.3, 0.4) is 0 Å². The highest BCUT2D eigenvalue weighted by atomic mass is 19.1. The number of benzene rings is 1. The Balaban J connectivity index is 1.70. The predicted octanol–water partition coefficient (Wildman–Crippen LogP) is 2.43. The molecule has 0 aromatic heterocycles. The van der Waals surface area contributed by atoms with Crippen molar-refractivity contribution in [2.45, 2.75) is 31.7 Å². The molecule has 0 aliphatic carbocycles. The summed E-state index contributed by atoms with van der Waals surface area (Å²) in [6.45, 7) is 2.59. The zero-order chi connectivity index (χ0) is 13.9. The summed E-state index contributed by atoms with van der Waals surface area (Å²) in [6.07, 6.45) is 4.61. The summed E-state index contributed by atoms with van der Waals surface area (Å²) in [5.41, 5.74) is 0.201. The van der Waals surface area contributed by atoms with Crippen LogP contribution in [-0.4, -0.2) is 36.5 Å². The van der Waals surface area contributed by atoms with E-state index < -0.39 is 5.82 Å². The third-order valence-electron chi connectivity index (χ3n) is 4.52. The fourth-order valence-corrected chi connectivity index (χ4v) is 3.44. The summed E-state index contributed by atoms with van der Waals surface area (Å²) in [4.78, 5) is 14.3. The molecule has 108 valence electrons. The Labute approximate surface area is 119 Å². The van der Waals surface area contributed by atoms with E-state index in [1.807, 2.05) is 4.90 Å². The van der Waals surface area contributed by atoms with Gasteiger partial charge >= 0.3 is 0 Å². The quantitative estimate of drug-likeness (QED) is 0.900. The molecular formula is C16H21FN2O. The van der Waals surface area contributed by atoms with Crippen LogP contribution in [0.1, 0.15) is 36.0 Å². The zero-order valence-corrected chi connectivity index (χ0v) is 11.6. The number of carbonyl (C=O) groups excluding carboxylic acids is 1. The standard InChI is InChI=1S/C16H21FN2O/c17-14-7-2-1-6-13(14)16(20)19-10-4-5-12(11-19)15-8-3-9-18-15/h1-2,6-7,12,15,18H,3-5,8-11H2. The van der Waals surface area contributed by atoms with Gasteiger partial charge in [0.1, 0.15) is 5.82 Å². The van der Waals surface area contributed by atoms with Gasteiger partial charge in [0, 0.05) is 19.1 Å². The van der Waals surface area contributed by atoms with Crippen LogP contribution in [0.15, 0.2) is 24.3 Å². The van der Waals surface area contributed by atoms with Crippen molar-refractivity contribution >= 4 is 5.91 Å². The number of nitrogens with zero attached hydrogens (tertiary/aromatic N) is 1. The van der Waals surface area contributed by atoms with E-state index in [0.29, 0.717) is 12.0 Å². The fraction of sp³-hybridized carbons (Fsp3) is 0.562. The Kier molecular flexibility index (Phi) is 4.01. The van der Waals surface area contributed by atoms with Gasteiger partial charge in [0.25, 0.3) is 5.91 Å². The first-order valence-corrected chi connectivity index (χ1v) is 7.53. The minimum Gasteiger partial charge on any atom is -0.338 e. The number of nitrogens with one attached hydrogen (secondary N) is 1. The first-order chi connectivity index (χ1) is 9.75. The molecule has 0 saturated carbocycles. The van der Waals surface area contributed by atoms with Crippen molar-refractivity contribution in [1.29, 1.82) is 0 Å². The van der Waals surface area contributed by atoms with Crippen LogP contribution in [0.5, 0.6) is 0 Å².